The molecule has 152 valence electrons. The number of fused-ring (bicyclic) bond motifs is 1. The van der Waals surface area contributed by atoms with Crippen molar-refractivity contribution in [2.45, 2.75) is 31.7 Å². The van der Waals surface area contributed by atoms with Gasteiger partial charge >= 0.3 is 0 Å². The van der Waals surface area contributed by atoms with E-state index in [1.54, 1.807) is 0 Å². The number of carbonyl (C=O) groups excluding carboxylic acids is 2. The monoisotopic (exact) mass is 394 g/mol. The third-order valence-corrected chi connectivity index (χ3v) is 5.37. The van der Waals surface area contributed by atoms with Crippen LogP contribution in [-0.2, 0) is 16.0 Å². The zero-order valence-electron chi connectivity index (χ0n) is 16.4. The van der Waals surface area contributed by atoms with Crippen molar-refractivity contribution < 1.29 is 19.1 Å². The van der Waals surface area contributed by atoms with Crippen LogP contribution in [0.1, 0.15) is 36.4 Å². The summed E-state index contributed by atoms with van der Waals surface area (Å²) in [5, 5.41) is 2.76. The number of nitrogens with one attached hydrogen (secondary N) is 1. The van der Waals surface area contributed by atoms with Gasteiger partial charge in [0.2, 0.25) is 11.8 Å². The van der Waals surface area contributed by atoms with Crippen LogP contribution in [0.25, 0.3) is 0 Å². The number of likely N-dealkylation sites (tertiary alicyclic amines) is 1. The highest BCUT2D eigenvalue weighted by molar-refractivity contribution is 5.86. The molecule has 0 aliphatic carbocycles. The second kappa shape index (κ2) is 8.99. The van der Waals surface area contributed by atoms with Gasteiger partial charge in [-0.25, -0.2) is 0 Å². The standard InChI is InChI=1S/C23H26N2O4/c26-22(14-17-6-2-1-3-7-17)24-16-23(27)25-11-4-8-19(25)18-9-10-20-21(15-18)29-13-5-12-28-20/h1-3,6-7,9-10,15,19H,4-5,8,11-14,16H2,(H,24,26)/t19-/m1/s1. The zero-order valence-corrected chi connectivity index (χ0v) is 16.4. The number of nitrogens with zero attached hydrogens (tertiary/aromatic N) is 1. The zero-order chi connectivity index (χ0) is 20.1. The van der Waals surface area contributed by atoms with E-state index >= 15 is 0 Å². The predicted molar refractivity (Wildman–Crippen MR) is 109 cm³/mol. The topological polar surface area (TPSA) is 67.9 Å². The molecule has 0 aromatic heterocycles. The summed E-state index contributed by atoms with van der Waals surface area (Å²) in [6, 6.07) is 15.5. The fraction of sp³-hybridized carbons (Fsp3) is 0.391. The molecule has 0 radical (unpaired) electrons. The Labute approximate surface area is 170 Å². The van der Waals surface area contributed by atoms with Gasteiger partial charge in [-0.15, -0.1) is 0 Å². The van der Waals surface area contributed by atoms with Gasteiger partial charge in [-0.3, -0.25) is 9.59 Å². The van der Waals surface area contributed by atoms with Crippen LogP contribution in [0.5, 0.6) is 11.5 Å². The van der Waals surface area contributed by atoms with Gasteiger partial charge in [0.1, 0.15) is 0 Å². The average molecular weight is 394 g/mol. The second-order valence-electron chi connectivity index (χ2n) is 7.44. The van der Waals surface area contributed by atoms with E-state index in [1.807, 2.05) is 53.4 Å². The first-order valence-electron chi connectivity index (χ1n) is 10.2. The molecule has 2 aromatic carbocycles. The first-order valence-corrected chi connectivity index (χ1v) is 10.2. The van der Waals surface area contributed by atoms with Gasteiger partial charge in [-0.2, -0.15) is 0 Å². The number of carbonyl (C=O) groups is 2. The molecular weight excluding hydrogens is 368 g/mol. The number of benzene rings is 2. The average Bonchev–Trinajstić information content (AvgIpc) is 3.11. The summed E-state index contributed by atoms with van der Waals surface area (Å²) in [5.74, 6) is 1.31. The fourth-order valence-electron chi connectivity index (χ4n) is 3.92. The second-order valence-corrected chi connectivity index (χ2v) is 7.44. The van der Waals surface area contributed by atoms with Crippen molar-refractivity contribution >= 4 is 11.8 Å². The van der Waals surface area contributed by atoms with Crippen LogP contribution < -0.4 is 14.8 Å². The van der Waals surface area contributed by atoms with E-state index in [0.717, 1.165) is 41.9 Å². The van der Waals surface area contributed by atoms with Crippen molar-refractivity contribution in [1.29, 1.82) is 0 Å². The Bertz CT molecular complexity index is 868. The molecule has 1 saturated heterocycles. The minimum absolute atomic E-state index is 0.00526. The maximum atomic E-state index is 12.8. The van der Waals surface area contributed by atoms with Crippen molar-refractivity contribution in [3.63, 3.8) is 0 Å². The van der Waals surface area contributed by atoms with Crippen LogP contribution in [0.4, 0.5) is 0 Å². The van der Waals surface area contributed by atoms with Crippen LogP contribution in [0.2, 0.25) is 0 Å². The lowest BCUT2D eigenvalue weighted by Gasteiger charge is -2.26. The SMILES string of the molecule is O=C(Cc1ccccc1)NCC(=O)N1CCC[C@@H]1c1ccc2c(c1)OCCCO2. The van der Waals surface area contributed by atoms with Crippen LogP contribution in [0.15, 0.2) is 48.5 Å². The quantitative estimate of drug-likeness (QED) is 0.847. The molecule has 2 amide bonds. The largest absolute Gasteiger partial charge is 0.490 e. The van der Waals surface area contributed by atoms with Gasteiger partial charge < -0.3 is 19.7 Å². The molecule has 0 saturated carbocycles. The molecule has 0 spiro atoms. The van der Waals surface area contributed by atoms with Gasteiger partial charge in [-0.05, 0) is 36.1 Å². The summed E-state index contributed by atoms with van der Waals surface area (Å²) in [4.78, 5) is 26.8. The van der Waals surface area contributed by atoms with Crippen molar-refractivity contribution in [2.75, 3.05) is 26.3 Å². The Morgan fingerprint density at radius 1 is 1.00 bits per heavy atom. The van der Waals surface area contributed by atoms with E-state index in [9.17, 15) is 9.59 Å². The highest BCUT2D eigenvalue weighted by atomic mass is 16.5. The van der Waals surface area contributed by atoms with E-state index < -0.39 is 0 Å². The summed E-state index contributed by atoms with van der Waals surface area (Å²) in [6.07, 6.45) is 2.99. The van der Waals surface area contributed by atoms with E-state index in [1.165, 1.54) is 0 Å². The van der Waals surface area contributed by atoms with Gasteiger partial charge in [0.25, 0.3) is 0 Å². The molecule has 1 N–H and O–H groups in total. The number of rotatable bonds is 5. The number of ether oxygens (including phenoxy) is 2. The van der Waals surface area contributed by atoms with E-state index in [4.69, 9.17) is 9.47 Å². The predicted octanol–water partition coefficient (Wildman–Crippen LogP) is 2.87. The third-order valence-electron chi connectivity index (χ3n) is 5.37. The maximum Gasteiger partial charge on any atom is 0.242 e. The van der Waals surface area contributed by atoms with E-state index in [2.05, 4.69) is 5.32 Å². The molecule has 1 fully saturated rings. The maximum absolute atomic E-state index is 12.8. The van der Waals surface area contributed by atoms with Crippen LogP contribution in [0.3, 0.4) is 0 Å². The molecule has 2 heterocycles. The number of amides is 2. The molecule has 29 heavy (non-hydrogen) atoms. The van der Waals surface area contributed by atoms with Crippen molar-refractivity contribution in [3.05, 3.63) is 59.7 Å². The molecule has 2 aliphatic rings. The lowest BCUT2D eigenvalue weighted by atomic mass is 10.0. The highest BCUT2D eigenvalue weighted by Crippen LogP contribution is 2.37. The van der Waals surface area contributed by atoms with Crippen LogP contribution in [-0.4, -0.2) is 43.0 Å². The summed E-state index contributed by atoms with van der Waals surface area (Å²) in [5.41, 5.74) is 1.99. The Morgan fingerprint density at radius 2 is 1.79 bits per heavy atom. The van der Waals surface area contributed by atoms with Gasteiger partial charge in [0.05, 0.1) is 32.2 Å². The molecule has 6 nitrogen and oxygen atoms in total. The van der Waals surface area contributed by atoms with Gasteiger partial charge in [0.15, 0.2) is 11.5 Å². The first kappa shape index (κ1) is 19.3. The van der Waals surface area contributed by atoms with Crippen molar-refractivity contribution in [2.24, 2.45) is 0 Å². The third kappa shape index (κ3) is 4.70. The van der Waals surface area contributed by atoms with Gasteiger partial charge in [-0.1, -0.05) is 36.4 Å². The Morgan fingerprint density at radius 3 is 2.62 bits per heavy atom. The lowest BCUT2D eigenvalue weighted by Crippen LogP contribution is -2.40. The van der Waals surface area contributed by atoms with Crippen LogP contribution >= 0.6 is 0 Å². The molecule has 6 heteroatoms. The number of hydrogen-bond acceptors (Lipinski definition) is 4. The normalized spacial score (nSPS) is 18.2. The first-order chi connectivity index (χ1) is 14.2. The minimum atomic E-state index is -0.143. The molecule has 4 rings (SSSR count). The van der Waals surface area contributed by atoms with E-state index in [-0.39, 0.29) is 30.8 Å². The summed E-state index contributed by atoms with van der Waals surface area (Å²) in [7, 11) is 0. The summed E-state index contributed by atoms with van der Waals surface area (Å²) >= 11 is 0. The Kier molecular flexibility index (Phi) is 5.98. The number of hydrogen-bond donors (Lipinski definition) is 1. The Hall–Kier alpha value is -3.02. The van der Waals surface area contributed by atoms with Crippen molar-refractivity contribution in [3.8, 4) is 11.5 Å². The van der Waals surface area contributed by atoms with Crippen molar-refractivity contribution in [1.82, 2.24) is 10.2 Å². The Balaban J connectivity index is 1.37. The van der Waals surface area contributed by atoms with E-state index in [0.29, 0.717) is 19.8 Å². The smallest absolute Gasteiger partial charge is 0.242 e. The summed E-state index contributed by atoms with van der Waals surface area (Å²) in [6.45, 7) is 2.01. The highest BCUT2D eigenvalue weighted by Gasteiger charge is 2.30. The molecule has 2 aromatic rings. The molecule has 0 bridgehead atoms. The molecule has 1 atom stereocenters. The molecule has 2 aliphatic heterocycles. The van der Waals surface area contributed by atoms with Gasteiger partial charge in [0, 0.05) is 13.0 Å². The van der Waals surface area contributed by atoms with Crippen LogP contribution in [0, 0.1) is 0 Å². The minimum Gasteiger partial charge on any atom is -0.490 e. The molecular formula is C23H26N2O4. The summed E-state index contributed by atoms with van der Waals surface area (Å²) < 4.78 is 11.5. The lowest BCUT2D eigenvalue weighted by molar-refractivity contribution is -0.133. The fourth-order valence-corrected chi connectivity index (χ4v) is 3.92. The molecule has 0 unspecified atom stereocenters.